The number of aliphatic hydroxyl groups is 3. The summed E-state index contributed by atoms with van der Waals surface area (Å²) in [6, 6.07) is -1.13. The molecule has 0 fully saturated rings. The van der Waals surface area contributed by atoms with Crippen LogP contribution in [0.15, 0.2) is 0 Å². The van der Waals surface area contributed by atoms with E-state index in [2.05, 4.69) is 0 Å². The Labute approximate surface area is 94.5 Å². The molecule has 100 valence electrons. The number of aliphatic carboxylic acids is 3. The van der Waals surface area contributed by atoms with Crippen LogP contribution in [0.3, 0.4) is 0 Å². The van der Waals surface area contributed by atoms with Crippen LogP contribution in [0.5, 0.6) is 0 Å². The summed E-state index contributed by atoms with van der Waals surface area (Å²) in [4.78, 5) is 29.2. The smallest absolute Gasteiger partial charge is 0.335 e. The van der Waals surface area contributed by atoms with Crippen LogP contribution in [0.4, 0.5) is 0 Å². The van der Waals surface area contributed by atoms with Gasteiger partial charge in [-0.3, -0.25) is 4.79 Å². The summed E-state index contributed by atoms with van der Waals surface area (Å²) in [5.74, 6) is -4.72. The van der Waals surface area contributed by atoms with Crippen molar-refractivity contribution < 1.29 is 45.0 Å². The van der Waals surface area contributed by atoms with E-state index >= 15 is 0 Å². The third-order valence-electron chi connectivity index (χ3n) is 1.32. The molecule has 10 nitrogen and oxygen atoms in total. The van der Waals surface area contributed by atoms with Crippen molar-refractivity contribution in [2.75, 3.05) is 6.61 Å². The van der Waals surface area contributed by atoms with Crippen molar-refractivity contribution in [2.45, 2.75) is 18.2 Å². The Morgan fingerprint density at radius 2 is 1.18 bits per heavy atom. The van der Waals surface area contributed by atoms with Crippen LogP contribution < -0.4 is 5.73 Å². The number of aliphatic hydroxyl groups excluding tert-OH is 3. The third-order valence-corrected chi connectivity index (χ3v) is 1.32. The average molecular weight is 255 g/mol. The number of hydrogen-bond acceptors (Lipinski definition) is 7. The van der Waals surface area contributed by atoms with Gasteiger partial charge in [-0.25, -0.2) is 9.59 Å². The number of carboxylic acids is 3. The first-order valence-corrected chi connectivity index (χ1v) is 4.06. The molecule has 0 saturated heterocycles. The van der Waals surface area contributed by atoms with E-state index in [0.29, 0.717) is 0 Å². The molecule has 0 amide bonds. The molecule has 0 aliphatic rings. The number of hydrogen-bond donors (Lipinski definition) is 7. The topological polar surface area (TPSA) is 199 Å². The Morgan fingerprint density at radius 1 is 0.882 bits per heavy atom. The molecular formula is C7H13NO9. The van der Waals surface area contributed by atoms with Crippen molar-refractivity contribution >= 4 is 17.9 Å². The predicted octanol–water partition coefficient (Wildman–Crippen LogP) is -3.73. The van der Waals surface area contributed by atoms with Gasteiger partial charge in [0.15, 0.2) is 12.2 Å². The van der Waals surface area contributed by atoms with Crippen LogP contribution in [0.25, 0.3) is 0 Å². The highest BCUT2D eigenvalue weighted by Crippen LogP contribution is 1.92. The van der Waals surface area contributed by atoms with Crippen molar-refractivity contribution in [3.8, 4) is 0 Å². The summed E-state index contributed by atoms with van der Waals surface area (Å²) >= 11 is 0. The molecular weight excluding hydrogens is 242 g/mol. The Kier molecular flexibility index (Phi) is 8.72. The second-order valence-corrected chi connectivity index (χ2v) is 2.69. The van der Waals surface area contributed by atoms with Gasteiger partial charge in [-0.1, -0.05) is 0 Å². The van der Waals surface area contributed by atoms with Crippen molar-refractivity contribution in [2.24, 2.45) is 5.73 Å². The van der Waals surface area contributed by atoms with Crippen molar-refractivity contribution in [3.05, 3.63) is 0 Å². The molecule has 0 radical (unpaired) electrons. The molecule has 10 heteroatoms. The molecule has 0 heterocycles. The lowest BCUT2D eigenvalue weighted by Crippen LogP contribution is -2.39. The molecule has 0 aliphatic carbocycles. The standard InChI is InChI=1S/C4H6O6.C3H7NO3/c5-1(3(7)8)2(6)4(9)10;4-2(1-5)3(6)7/h1-2,5-6H,(H,7,8)(H,9,10);2,5H,1,4H2,(H,6,7)/t;2-/m.0/s1. The number of carbonyl (C=O) groups is 3. The maximum absolute atomic E-state index is 9.77. The van der Waals surface area contributed by atoms with Crippen LogP contribution in [-0.2, 0) is 14.4 Å². The summed E-state index contributed by atoms with van der Waals surface area (Å²) in [6.45, 7) is -0.505. The summed E-state index contributed by atoms with van der Waals surface area (Å²) < 4.78 is 0. The highest BCUT2D eigenvalue weighted by molar-refractivity contribution is 5.83. The second kappa shape index (κ2) is 8.41. The first kappa shape index (κ1) is 17.6. The summed E-state index contributed by atoms with van der Waals surface area (Å²) in [5, 5.41) is 48.4. The predicted molar refractivity (Wildman–Crippen MR) is 50.0 cm³/mol. The van der Waals surface area contributed by atoms with E-state index in [1.165, 1.54) is 0 Å². The largest absolute Gasteiger partial charge is 0.480 e. The molecule has 8 N–H and O–H groups in total. The molecule has 0 aromatic rings. The van der Waals surface area contributed by atoms with Gasteiger partial charge < -0.3 is 36.4 Å². The lowest BCUT2D eigenvalue weighted by Gasteiger charge is -2.07. The van der Waals surface area contributed by atoms with Gasteiger partial charge in [0.25, 0.3) is 0 Å². The zero-order chi connectivity index (χ0) is 14.2. The highest BCUT2D eigenvalue weighted by Gasteiger charge is 2.29. The van der Waals surface area contributed by atoms with E-state index in [1.807, 2.05) is 0 Å². The average Bonchev–Trinajstić information content (AvgIpc) is 2.26. The summed E-state index contributed by atoms with van der Waals surface area (Å²) in [6.07, 6.45) is -4.53. The van der Waals surface area contributed by atoms with Crippen LogP contribution in [-0.4, -0.2) is 73.4 Å². The first-order valence-electron chi connectivity index (χ1n) is 4.06. The van der Waals surface area contributed by atoms with Crippen LogP contribution >= 0.6 is 0 Å². The Morgan fingerprint density at radius 3 is 1.24 bits per heavy atom. The van der Waals surface area contributed by atoms with Crippen molar-refractivity contribution in [3.63, 3.8) is 0 Å². The second-order valence-electron chi connectivity index (χ2n) is 2.69. The number of carboxylic acid groups (broad SMARTS) is 3. The van der Waals surface area contributed by atoms with Gasteiger partial charge in [0.1, 0.15) is 6.04 Å². The maximum atomic E-state index is 9.77. The monoisotopic (exact) mass is 255 g/mol. The van der Waals surface area contributed by atoms with Gasteiger partial charge in [0.05, 0.1) is 6.61 Å². The van der Waals surface area contributed by atoms with E-state index in [4.69, 9.17) is 36.4 Å². The van der Waals surface area contributed by atoms with Gasteiger partial charge in [0, 0.05) is 0 Å². The van der Waals surface area contributed by atoms with E-state index < -0.39 is 42.8 Å². The maximum Gasteiger partial charge on any atom is 0.335 e. The van der Waals surface area contributed by atoms with E-state index in [9.17, 15) is 14.4 Å². The first-order chi connectivity index (χ1) is 7.64. The quantitative estimate of drug-likeness (QED) is 0.256. The van der Waals surface area contributed by atoms with Gasteiger partial charge in [-0.2, -0.15) is 0 Å². The van der Waals surface area contributed by atoms with Crippen molar-refractivity contribution in [1.82, 2.24) is 0 Å². The van der Waals surface area contributed by atoms with Crippen LogP contribution in [0.1, 0.15) is 0 Å². The van der Waals surface area contributed by atoms with Crippen molar-refractivity contribution in [1.29, 1.82) is 0 Å². The Balaban J connectivity index is 0. The molecule has 0 saturated carbocycles. The Hall–Kier alpha value is -1.75. The van der Waals surface area contributed by atoms with Gasteiger partial charge >= 0.3 is 17.9 Å². The zero-order valence-corrected chi connectivity index (χ0v) is 8.42. The molecule has 0 rings (SSSR count). The van der Waals surface area contributed by atoms with E-state index in [1.54, 1.807) is 0 Å². The molecule has 17 heavy (non-hydrogen) atoms. The van der Waals surface area contributed by atoms with Gasteiger partial charge in [0.2, 0.25) is 0 Å². The lowest BCUT2D eigenvalue weighted by molar-refractivity contribution is -0.165. The van der Waals surface area contributed by atoms with Crippen LogP contribution in [0.2, 0.25) is 0 Å². The molecule has 0 bridgehead atoms. The minimum atomic E-state index is -2.27. The molecule has 0 spiro atoms. The minimum Gasteiger partial charge on any atom is -0.480 e. The third kappa shape index (κ3) is 8.10. The molecule has 0 aromatic carbocycles. The Bertz CT molecular complexity index is 261. The van der Waals surface area contributed by atoms with Gasteiger partial charge in [-0.15, -0.1) is 0 Å². The van der Waals surface area contributed by atoms with E-state index in [0.717, 1.165) is 0 Å². The number of nitrogens with two attached hydrogens (primary N) is 1. The summed E-state index contributed by atoms with van der Waals surface area (Å²) in [5.41, 5.74) is 4.77. The lowest BCUT2D eigenvalue weighted by atomic mass is 10.2. The fraction of sp³-hybridized carbons (Fsp3) is 0.571. The molecule has 2 unspecified atom stereocenters. The zero-order valence-electron chi connectivity index (χ0n) is 8.42. The normalized spacial score (nSPS) is 14.8. The number of rotatable bonds is 5. The highest BCUT2D eigenvalue weighted by atomic mass is 16.4. The van der Waals surface area contributed by atoms with Crippen LogP contribution in [0, 0.1) is 0 Å². The van der Waals surface area contributed by atoms with Gasteiger partial charge in [-0.05, 0) is 0 Å². The fourth-order valence-corrected chi connectivity index (χ4v) is 0.348. The molecule has 0 aromatic heterocycles. The van der Waals surface area contributed by atoms with E-state index in [-0.39, 0.29) is 0 Å². The minimum absolute atomic E-state index is 0.505. The molecule has 3 atom stereocenters. The SMILES string of the molecule is N[C@@H](CO)C(=O)O.O=C(O)C(O)C(O)C(=O)O. The molecule has 0 aliphatic heterocycles. The fourth-order valence-electron chi connectivity index (χ4n) is 0.348. The summed E-state index contributed by atoms with van der Waals surface area (Å²) in [7, 11) is 0.